The molecule has 2 rings (SSSR count). The summed E-state index contributed by atoms with van der Waals surface area (Å²) in [5.41, 5.74) is 1.51. The van der Waals surface area contributed by atoms with E-state index in [1.54, 1.807) is 12.1 Å². The minimum Gasteiger partial charge on any atom is -0.502 e. The van der Waals surface area contributed by atoms with Crippen molar-refractivity contribution in [3.05, 3.63) is 69.8 Å². The minimum atomic E-state index is -0.568. The van der Waals surface area contributed by atoms with Gasteiger partial charge in [-0.2, -0.15) is 0 Å². The highest BCUT2D eigenvalue weighted by molar-refractivity contribution is 5.50. The first-order valence-corrected chi connectivity index (χ1v) is 5.67. The molecule has 0 heterocycles. The highest BCUT2D eigenvalue weighted by atomic mass is 16.6. The standard InChI is InChI=1S/C14H13NO3/c16-14-12(7-4-8-13(14)15(17)18)10-9-11-5-2-1-3-6-11/h1-8,16H,9-10H2. The van der Waals surface area contributed by atoms with E-state index in [-0.39, 0.29) is 11.4 Å². The fourth-order valence-corrected chi connectivity index (χ4v) is 1.85. The van der Waals surface area contributed by atoms with Crippen LogP contribution in [0.2, 0.25) is 0 Å². The van der Waals surface area contributed by atoms with E-state index >= 15 is 0 Å². The predicted molar refractivity (Wildman–Crippen MR) is 68.6 cm³/mol. The van der Waals surface area contributed by atoms with E-state index in [1.807, 2.05) is 30.3 Å². The summed E-state index contributed by atoms with van der Waals surface area (Å²) in [6, 6.07) is 14.4. The Bertz CT molecular complexity index is 552. The second-order valence-electron chi connectivity index (χ2n) is 4.03. The maximum absolute atomic E-state index is 10.7. The van der Waals surface area contributed by atoms with Gasteiger partial charge >= 0.3 is 5.69 Å². The molecule has 0 aliphatic rings. The fraction of sp³-hybridized carbons (Fsp3) is 0.143. The number of hydrogen-bond acceptors (Lipinski definition) is 3. The van der Waals surface area contributed by atoms with E-state index in [9.17, 15) is 15.2 Å². The maximum Gasteiger partial charge on any atom is 0.310 e. The summed E-state index contributed by atoms with van der Waals surface area (Å²) in [7, 11) is 0. The van der Waals surface area contributed by atoms with Crippen LogP contribution in [0.25, 0.3) is 0 Å². The number of nitro groups is 1. The second-order valence-corrected chi connectivity index (χ2v) is 4.03. The van der Waals surface area contributed by atoms with Crippen molar-refractivity contribution in [1.29, 1.82) is 0 Å². The van der Waals surface area contributed by atoms with Gasteiger partial charge in [0.25, 0.3) is 0 Å². The average molecular weight is 243 g/mol. The van der Waals surface area contributed by atoms with Gasteiger partial charge in [-0.3, -0.25) is 10.1 Å². The Hall–Kier alpha value is -2.36. The number of benzene rings is 2. The van der Waals surface area contributed by atoms with Crippen LogP contribution in [0.1, 0.15) is 11.1 Å². The molecule has 92 valence electrons. The van der Waals surface area contributed by atoms with Crippen LogP contribution in [0.3, 0.4) is 0 Å². The van der Waals surface area contributed by atoms with Crippen molar-refractivity contribution >= 4 is 5.69 Å². The van der Waals surface area contributed by atoms with Crippen molar-refractivity contribution in [3.8, 4) is 5.75 Å². The van der Waals surface area contributed by atoms with Crippen molar-refractivity contribution in [2.24, 2.45) is 0 Å². The highest BCUT2D eigenvalue weighted by Gasteiger charge is 2.15. The molecule has 0 saturated carbocycles. The number of aryl methyl sites for hydroxylation is 2. The van der Waals surface area contributed by atoms with Gasteiger partial charge in [-0.1, -0.05) is 42.5 Å². The van der Waals surface area contributed by atoms with Gasteiger partial charge in [-0.05, 0) is 18.4 Å². The minimum absolute atomic E-state index is 0.224. The third kappa shape index (κ3) is 2.66. The monoisotopic (exact) mass is 243 g/mol. The van der Waals surface area contributed by atoms with Gasteiger partial charge in [-0.25, -0.2) is 0 Å². The van der Waals surface area contributed by atoms with Crippen LogP contribution in [0.15, 0.2) is 48.5 Å². The predicted octanol–water partition coefficient (Wildman–Crippen LogP) is 3.09. The zero-order valence-corrected chi connectivity index (χ0v) is 9.74. The number of phenolic OH excluding ortho intramolecular Hbond substituents is 1. The number of phenols is 1. The number of rotatable bonds is 4. The molecule has 0 fully saturated rings. The van der Waals surface area contributed by atoms with Crippen LogP contribution in [-0.2, 0) is 12.8 Å². The number of hydrogen-bond donors (Lipinski definition) is 1. The first kappa shape index (κ1) is 12.1. The molecule has 0 spiro atoms. The van der Waals surface area contributed by atoms with E-state index in [1.165, 1.54) is 6.07 Å². The molecule has 0 radical (unpaired) electrons. The van der Waals surface area contributed by atoms with Crippen molar-refractivity contribution in [1.82, 2.24) is 0 Å². The number of para-hydroxylation sites is 1. The van der Waals surface area contributed by atoms with Gasteiger partial charge in [0.15, 0.2) is 5.75 Å². The molecule has 2 aromatic carbocycles. The van der Waals surface area contributed by atoms with E-state index in [2.05, 4.69) is 0 Å². The normalized spacial score (nSPS) is 10.2. The molecule has 0 aliphatic heterocycles. The van der Waals surface area contributed by atoms with Crippen LogP contribution in [0.5, 0.6) is 5.75 Å². The van der Waals surface area contributed by atoms with Crippen molar-refractivity contribution < 1.29 is 10.0 Å². The Balaban J connectivity index is 2.15. The van der Waals surface area contributed by atoms with Crippen LogP contribution in [0.4, 0.5) is 5.69 Å². The third-order valence-electron chi connectivity index (χ3n) is 2.82. The van der Waals surface area contributed by atoms with Gasteiger partial charge < -0.3 is 5.11 Å². The Morgan fingerprint density at radius 1 is 1.00 bits per heavy atom. The van der Waals surface area contributed by atoms with Crippen LogP contribution >= 0.6 is 0 Å². The summed E-state index contributed by atoms with van der Waals surface area (Å²) >= 11 is 0. The van der Waals surface area contributed by atoms with Crippen LogP contribution < -0.4 is 0 Å². The average Bonchev–Trinajstić information content (AvgIpc) is 2.38. The Morgan fingerprint density at radius 3 is 2.39 bits per heavy atom. The lowest BCUT2D eigenvalue weighted by molar-refractivity contribution is -0.385. The lowest BCUT2D eigenvalue weighted by Crippen LogP contribution is -1.95. The van der Waals surface area contributed by atoms with Crippen LogP contribution in [0, 0.1) is 10.1 Å². The lowest BCUT2D eigenvalue weighted by atomic mass is 10.0. The molecule has 0 unspecified atom stereocenters. The summed E-state index contributed by atoms with van der Waals surface area (Å²) < 4.78 is 0. The maximum atomic E-state index is 10.7. The molecular weight excluding hydrogens is 230 g/mol. The number of aromatic hydroxyl groups is 1. The molecule has 0 aliphatic carbocycles. The molecule has 4 nitrogen and oxygen atoms in total. The fourth-order valence-electron chi connectivity index (χ4n) is 1.85. The SMILES string of the molecule is O=[N+]([O-])c1cccc(CCc2ccccc2)c1O. The quantitative estimate of drug-likeness (QED) is 0.663. The van der Waals surface area contributed by atoms with Crippen molar-refractivity contribution in [2.45, 2.75) is 12.8 Å². The Morgan fingerprint density at radius 2 is 1.72 bits per heavy atom. The molecule has 2 aromatic rings. The first-order chi connectivity index (χ1) is 8.68. The number of nitrogens with zero attached hydrogens (tertiary/aromatic N) is 1. The van der Waals surface area contributed by atoms with Crippen LogP contribution in [-0.4, -0.2) is 10.0 Å². The van der Waals surface area contributed by atoms with Crippen molar-refractivity contribution in [3.63, 3.8) is 0 Å². The smallest absolute Gasteiger partial charge is 0.310 e. The molecular formula is C14H13NO3. The van der Waals surface area contributed by atoms with Gasteiger partial charge in [0.1, 0.15) is 0 Å². The summed E-state index contributed by atoms with van der Waals surface area (Å²) in [4.78, 5) is 10.1. The molecule has 0 bridgehead atoms. The van der Waals surface area contributed by atoms with Gasteiger partial charge in [0.05, 0.1) is 4.92 Å². The highest BCUT2D eigenvalue weighted by Crippen LogP contribution is 2.29. The zero-order valence-electron chi connectivity index (χ0n) is 9.74. The zero-order chi connectivity index (χ0) is 13.0. The van der Waals surface area contributed by atoms with Crippen molar-refractivity contribution in [2.75, 3.05) is 0 Å². The molecule has 4 heteroatoms. The Kier molecular flexibility index (Phi) is 3.57. The Labute approximate surface area is 105 Å². The molecule has 1 N–H and O–H groups in total. The summed E-state index contributed by atoms with van der Waals surface area (Å²) in [5, 5.41) is 20.5. The number of nitro benzene ring substituents is 1. The lowest BCUT2D eigenvalue weighted by Gasteiger charge is -2.05. The van der Waals surface area contributed by atoms with Gasteiger partial charge in [0, 0.05) is 11.6 Å². The largest absolute Gasteiger partial charge is 0.502 e. The molecule has 0 saturated heterocycles. The molecule has 0 amide bonds. The third-order valence-corrected chi connectivity index (χ3v) is 2.82. The van der Waals surface area contributed by atoms with Gasteiger partial charge in [0.2, 0.25) is 0 Å². The topological polar surface area (TPSA) is 63.4 Å². The van der Waals surface area contributed by atoms with E-state index in [0.717, 1.165) is 12.0 Å². The summed E-state index contributed by atoms with van der Waals surface area (Å²) in [5.74, 6) is -0.224. The molecule has 18 heavy (non-hydrogen) atoms. The molecule has 0 aromatic heterocycles. The molecule has 0 atom stereocenters. The second kappa shape index (κ2) is 5.31. The van der Waals surface area contributed by atoms with E-state index in [0.29, 0.717) is 12.0 Å². The van der Waals surface area contributed by atoms with E-state index in [4.69, 9.17) is 0 Å². The summed E-state index contributed by atoms with van der Waals surface area (Å²) in [6.07, 6.45) is 1.33. The van der Waals surface area contributed by atoms with E-state index < -0.39 is 4.92 Å². The summed E-state index contributed by atoms with van der Waals surface area (Å²) in [6.45, 7) is 0. The van der Waals surface area contributed by atoms with Gasteiger partial charge in [-0.15, -0.1) is 0 Å². The first-order valence-electron chi connectivity index (χ1n) is 5.67.